The molecule has 1 aromatic carbocycles. The highest BCUT2D eigenvalue weighted by Crippen LogP contribution is 2.41. The number of rotatable bonds is 3. The summed E-state index contributed by atoms with van der Waals surface area (Å²) in [5.41, 5.74) is 1.44. The number of aliphatic hydroxyl groups is 1. The highest BCUT2D eigenvalue weighted by atomic mass is 16.5. The van der Waals surface area contributed by atoms with Gasteiger partial charge in [0.05, 0.1) is 5.69 Å². The number of hydrogen-bond acceptors (Lipinski definition) is 5. The molecule has 1 unspecified atom stereocenters. The van der Waals surface area contributed by atoms with Crippen LogP contribution in [0.3, 0.4) is 0 Å². The molecule has 0 aliphatic carbocycles. The molecule has 1 atom stereocenters. The Hall–Kier alpha value is -2.47. The van der Waals surface area contributed by atoms with Gasteiger partial charge in [-0.1, -0.05) is 11.2 Å². The first-order valence-electron chi connectivity index (χ1n) is 6.94. The lowest BCUT2D eigenvalue weighted by atomic mass is 9.88. The monoisotopic (exact) mass is 300 g/mol. The van der Waals surface area contributed by atoms with E-state index in [1.54, 1.807) is 19.1 Å². The van der Waals surface area contributed by atoms with Gasteiger partial charge in [-0.3, -0.25) is 9.59 Å². The van der Waals surface area contributed by atoms with Crippen molar-refractivity contribution in [2.45, 2.75) is 32.8 Å². The average molecular weight is 300 g/mol. The molecule has 1 aliphatic rings. The van der Waals surface area contributed by atoms with Gasteiger partial charge in [0, 0.05) is 23.2 Å². The molecule has 6 heteroatoms. The zero-order valence-corrected chi connectivity index (χ0v) is 12.6. The van der Waals surface area contributed by atoms with Gasteiger partial charge in [0.15, 0.2) is 5.60 Å². The lowest BCUT2D eigenvalue weighted by Gasteiger charge is -2.19. The Balaban J connectivity index is 2.15. The zero-order valence-electron chi connectivity index (χ0n) is 12.6. The van der Waals surface area contributed by atoms with Crippen LogP contribution in [0.2, 0.25) is 0 Å². The van der Waals surface area contributed by atoms with E-state index in [2.05, 4.69) is 10.5 Å². The number of amides is 1. The van der Waals surface area contributed by atoms with Crippen molar-refractivity contribution < 1.29 is 19.2 Å². The van der Waals surface area contributed by atoms with Crippen LogP contribution in [0, 0.1) is 13.8 Å². The normalized spacial score (nSPS) is 19.9. The summed E-state index contributed by atoms with van der Waals surface area (Å²) in [6, 6.07) is 5.25. The number of Topliss-reactive ketones (excluding diaryl/α,β-unsaturated/α-hetero) is 1. The fraction of sp³-hybridized carbons (Fsp3) is 0.312. The van der Waals surface area contributed by atoms with Crippen molar-refractivity contribution in [2.75, 3.05) is 5.32 Å². The number of aromatic nitrogens is 1. The minimum absolute atomic E-state index is 0.253. The van der Waals surface area contributed by atoms with Gasteiger partial charge < -0.3 is 14.9 Å². The summed E-state index contributed by atoms with van der Waals surface area (Å²) in [6.07, 6.45) is -0.253. The lowest BCUT2D eigenvalue weighted by Crippen LogP contribution is -2.36. The molecule has 0 bridgehead atoms. The summed E-state index contributed by atoms with van der Waals surface area (Å²) >= 11 is 0. The van der Waals surface area contributed by atoms with E-state index < -0.39 is 11.5 Å². The Morgan fingerprint density at radius 3 is 2.73 bits per heavy atom. The van der Waals surface area contributed by atoms with Crippen molar-refractivity contribution in [3.63, 3.8) is 0 Å². The molecular formula is C16H16N2O4. The summed E-state index contributed by atoms with van der Waals surface area (Å²) in [6.45, 7) is 4.97. The summed E-state index contributed by atoms with van der Waals surface area (Å²) in [7, 11) is 0. The van der Waals surface area contributed by atoms with Crippen LogP contribution < -0.4 is 5.32 Å². The quantitative estimate of drug-likeness (QED) is 0.905. The third-order valence-electron chi connectivity index (χ3n) is 3.92. The molecule has 2 N–H and O–H groups in total. The summed E-state index contributed by atoms with van der Waals surface area (Å²) in [5, 5.41) is 17.2. The summed E-state index contributed by atoms with van der Waals surface area (Å²) in [5.74, 6) is -0.174. The Morgan fingerprint density at radius 2 is 2.14 bits per heavy atom. The number of carbonyl (C=O) groups excluding carboxylic acids is 2. The summed E-state index contributed by atoms with van der Waals surface area (Å²) < 4.78 is 5.16. The summed E-state index contributed by atoms with van der Waals surface area (Å²) in [4.78, 5) is 23.5. The van der Waals surface area contributed by atoms with Gasteiger partial charge in [0.2, 0.25) is 0 Å². The van der Waals surface area contributed by atoms with Gasteiger partial charge in [-0.25, -0.2) is 0 Å². The Labute approximate surface area is 127 Å². The van der Waals surface area contributed by atoms with E-state index in [9.17, 15) is 14.7 Å². The van der Waals surface area contributed by atoms with Crippen LogP contribution in [0.15, 0.2) is 22.7 Å². The van der Waals surface area contributed by atoms with E-state index in [1.807, 2.05) is 13.0 Å². The van der Waals surface area contributed by atoms with E-state index >= 15 is 0 Å². The molecule has 22 heavy (non-hydrogen) atoms. The zero-order chi connectivity index (χ0) is 16.1. The van der Waals surface area contributed by atoms with Crippen LogP contribution in [0.1, 0.15) is 30.4 Å². The van der Waals surface area contributed by atoms with Gasteiger partial charge in [0.25, 0.3) is 5.91 Å². The van der Waals surface area contributed by atoms with Gasteiger partial charge in [-0.2, -0.15) is 0 Å². The van der Waals surface area contributed by atoms with Crippen LogP contribution >= 0.6 is 0 Å². The van der Waals surface area contributed by atoms with Crippen LogP contribution in [0.4, 0.5) is 5.69 Å². The molecule has 2 heterocycles. The maximum atomic E-state index is 12.1. The van der Waals surface area contributed by atoms with Crippen molar-refractivity contribution in [2.24, 2.45) is 0 Å². The first-order chi connectivity index (χ1) is 10.3. The molecule has 1 aromatic heterocycles. The van der Waals surface area contributed by atoms with Gasteiger partial charge >= 0.3 is 0 Å². The smallest absolute Gasteiger partial charge is 0.261 e. The second-order valence-corrected chi connectivity index (χ2v) is 5.65. The van der Waals surface area contributed by atoms with Crippen LogP contribution in [-0.4, -0.2) is 22.0 Å². The molecule has 3 rings (SSSR count). The van der Waals surface area contributed by atoms with Crippen LogP contribution in [0.5, 0.6) is 0 Å². The van der Waals surface area contributed by atoms with Gasteiger partial charge in [-0.05, 0) is 38.5 Å². The number of fused-ring (bicyclic) bond motifs is 1. The fourth-order valence-electron chi connectivity index (χ4n) is 2.93. The molecule has 114 valence electrons. The molecule has 0 radical (unpaired) electrons. The highest BCUT2D eigenvalue weighted by Gasteiger charge is 2.46. The van der Waals surface area contributed by atoms with E-state index in [0.29, 0.717) is 17.0 Å². The second kappa shape index (κ2) is 4.78. The molecule has 0 fully saturated rings. The fourth-order valence-corrected chi connectivity index (χ4v) is 2.93. The van der Waals surface area contributed by atoms with Crippen molar-refractivity contribution in [3.8, 4) is 11.1 Å². The number of ketones is 1. The standard InChI is InChI=1S/C16H16N2O4/c1-8(19)7-16(21)12-6-11(4-5-13(12)17-15(16)20)14-9(2)18-22-10(14)3/h4-6,21H,7H2,1-3H3,(H,17,20). The first-order valence-corrected chi connectivity index (χ1v) is 6.94. The van der Waals surface area contributed by atoms with E-state index in [0.717, 1.165) is 16.8 Å². The number of hydrogen-bond donors (Lipinski definition) is 2. The van der Waals surface area contributed by atoms with E-state index in [4.69, 9.17) is 4.52 Å². The number of benzene rings is 1. The number of nitrogens with zero attached hydrogens (tertiary/aromatic N) is 1. The molecule has 0 saturated carbocycles. The SMILES string of the molecule is CC(=O)CC1(O)C(=O)Nc2ccc(-c3c(C)noc3C)cc21. The van der Waals surface area contributed by atoms with Crippen molar-refractivity contribution in [1.82, 2.24) is 5.16 Å². The Bertz CT molecular complexity index is 774. The minimum atomic E-state index is -1.82. The number of carbonyl (C=O) groups is 2. The first kappa shape index (κ1) is 14.5. The molecule has 6 nitrogen and oxygen atoms in total. The predicted octanol–water partition coefficient (Wildman–Crippen LogP) is 2.08. The van der Waals surface area contributed by atoms with Gasteiger partial charge in [0.1, 0.15) is 11.5 Å². The molecule has 2 aromatic rings. The molecule has 1 amide bonds. The van der Waals surface area contributed by atoms with E-state index in [1.165, 1.54) is 6.92 Å². The average Bonchev–Trinajstić information content (AvgIpc) is 2.88. The molecule has 0 saturated heterocycles. The van der Waals surface area contributed by atoms with E-state index in [-0.39, 0.29) is 12.2 Å². The van der Waals surface area contributed by atoms with Crippen molar-refractivity contribution in [1.29, 1.82) is 0 Å². The number of aryl methyl sites for hydroxylation is 2. The number of nitrogens with one attached hydrogen (secondary N) is 1. The predicted molar refractivity (Wildman–Crippen MR) is 79.2 cm³/mol. The largest absolute Gasteiger partial charge is 0.375 e. The van der Waals surface area contributed by atoms with Crippen molar-refractivity contribution in [3.05, 3.63) is 35.2 Å². The maximum Gasteiger partial charge on any atom is 0.261 e. The highest BCUT2D eigenvalue weighted by molar-refractivity contribution is 6.07. The number of anilines is 1. The molecular weight excluding hydrogens is 284 g/mol. The topological polar surface area (TPSA) is 92.4 Å². The maximum absolute atomic E-state index is 12.1. The van der Waals surface area contributed by atoms with Gasteiger partial charge in [-0.15, -0.1) is 0 Å². The third kappa shape index (κ3) is 2.03. The Morgan fingerprint density at radius 1 is 1.41 bits per heavy atom. The third-order valence-corrected chi connectivity index (χ3v) is 3.92. The van der Waals surface area contributed by atoms with Crippen molar-refractivity contribution >= 4 is 17.4 Å². The lowest BCUT2D eigenvalue weighted by molar-refractivity contribution is -0.139. The minimum Gasteiger partial charge on any atom is -0.375 e. The van der Waals surface area contributed by atoms with Crippen LogP contribution in [0.25, 0.3) is 11.1 Å². The molecule has 0 spiro atoms. The Kier molecular flexibility index (Phi) is 3.14. The second-order valence-electron chi connectivity index (χ2n) is 5.65. The molecule has 1 aliphatic heterocycles. The van der Waals surface area contributed by atoms with Crippen LogP contribution in [-0.2, 0) is 15.2 Å².